The van der Waals surface area contributed by atoms with Crippen LogP contribution in [0.15, 0.2) is 12.1 Å². The molecule has 2 aromatic rings. The van der Waals surface area contributed by atoms with Gasteiger partial charge in [-0.3, -0.25) is 0 Å². The topological polar surface area (TPSA) is 43.8 Å². The molecular formula is C16H25N3. The van der Waals surface area contributed by atoms with E-state index in [2.05, 4.69) is 44.4 Å². The fraction of sp³-hybridized carbons (Fsp3) is 0.562. The number of nitrogens with two attached hydrogens (primary N) is 1. The number of rotatable bonds is 5. The Morgan fingerprint density at radius 3 is 2.37 bits per heavy atom. The first kappa shape index (κ1) is 14.1. The summed E-state index contributed by atoms with van der Waals surface area (Å²) < 4.78 is 2.32. The zero-order valence-electron chi connectivity index (χ0n) is 12.5. The van der Waals surface area contributed by atoms with Gasteiger partial charge in [0, 0.05) is 19.0 Å². The molecule has 0 radical (unpaired) electrons. The van der Waals surface area contributed by atoms with Gasteiger partial charge in [0.2, 0.25) is 0 Å². The molecule has 0 unspecified atom stereocenters. The quantitative estimate of drug-likeness (QED) is 0.893. The highest BCUT2D eigenvalue weighted by Gasteiger charge is 2.17. The van der Waals surface area contributed by atoms with Gasteiger partial charge in [-0.15, -0.1) is 0 Å². The van der Waals surface area contributed by atoms with Crippen molar-refractivity contribution in [3.05, 3.63) is 29.1 Å². The molecule has 0 amide bonds. The molecule has 0 atom stereocenters. The van der Waals surface area contributed by atoms with E-state index in [1.165, 1.54) is 22.5 Å². The van der Waals surface area contributed by atoms with Crippen molar-refractivity contribution in [2.75, 3.05) is 6.54 Å². The summed E-state index contributed by atoms with van der Waals surface area (Å²) in [6.07, 6.45) is 2.25. The van der Waals surface area contributed by atoms with Crippen molar-refractivity contribution in [1.29, 1.82) is 0 Å². The van der Waals surface area contributed by atoms with Crippen LogP contribution >= 0.6 is 0 Å². The van der Waals surface area contributed by atoms with Crippen LogP contribution in [0.3, 0.4) is 0 Å². The second kappa shape index (κ2) is 5.74. The average molecular weight is 259 g/mol. The number of hydrogen-bond donors (Lipinski definition) is 1. The largest absolute Gasteiger partial charge is 0.329 e. The first-order valence-electron chi connectivity index (χ1n) is 7.29. The van der Waals surface area contributed by atoms with Gasteiger partial charge in [-0.1, -0.05) is 13.8 Å². The number of benzene rings is 1. The lowest BCUT2D eigenvalue weighted by molar-refractivity contribution is 0.556. The molecule has 0 aliphatic rings. The predicted octanol–water partition coefficient (Wildman–Crippen LogP) is 3.52. The van der Waals surface area contributed by atoms with Crippen molar-refractivity contribution < 1.29 is 0 Å². The first-order chi connectivity index (χ1) is 9.12. The minimum absolute atomic E-state index is 0.527. The van der Waals surface area contributed by atoms with E-state index in [-0.39, 0.29) is 0 Å². The number of imidazole rings is 1. The molecule has 0 saturated carbocycles. The Morgan fingerprint density at radius 1 is 1.16 bits per heavy atom. The Labute approximate surface area is 115 Å². The van der Waals surface area contributed by atoms with Crippen LogP contribution in [0.2, 0.25) is 0 Å². The molecule has 1 aromatic heterocycles. The molecule has 2 N–H and O–H groups in total. The molecule has 0 bridgehead atoms. The van der Waals surface area contributed by atoms with E-state index >= 15 is 0 Å². The summed E-state index contributed by atoms with van der Waals surface area (Å²) in [5.41, 5.74) is 10.8. The summed E-state index contributed by atoms with van der Waals surface area (Å²) >= 11 is 0. The maximum absolute atomic E-state index is 5.78. The molecule has 0 spiro atoms. The van der Waals surface area contributed by atoms with Crippen molar-refractivity contribution >= 4 is 11.0 Å². The highest BCUT2D eigenvalue weighted by molar-refractivity contribution is 5.78. The molecule has 19 heavy (non-hydrogen) atoms. The summed E-state index contributed by atoms with van der Waals surface area (Å²) in [4.78, 5) is 4.88. The van der Waals surface area contributed by atoms with Crippen LogP contribution in [0.1, 0.15) is 49.6 Å². The van der Waals surface area contributed by atoms with Gasteiger partial charge in [-0.25, -0.2) is 4.98 Å². The van der Waals surface area contributed by atoms with Gasteiger partial charge < -0.3 is 10.3 Å². The minimum atomic E-state index is 0.527. The number of hydrogen-bond acceptors (Lipinski definition) is 2. The molecule has 3 nitrogen and oxygen atoms in total. The molecule has 2 rings (SSSR count). The molecule has 0 saturated heterocycles. The summed E-state index contributed by atoms with van der Waals surface area (Å²) in [7, 11) is 0. The Balaban J connectivity index is 2.65. The van der Waals surface area contributed by atoms with Crippen molar-refractivity contribution in [3.8, 4) is 0 Å². The standard InChI is InChI=1S/C16H25N3/c1-5-13(6-2)16-18-14-9-11(3)12(4)10-15(14)19(16)8-7-17/h9-10,13H,5-8,17H2,1-4H3. The number of fused-ring (bicyclic) bond motifs is 1. The molecule has 1 heterocycles. The molecule has 0 aliphatic heterocycles. The zero-order valence-corrected chi connectivity index (χ0v) is 12.5. The maximum atomic E-state index is 5.78. The number of nitrogens with zero attached hydrogens (tertiary/aromatic N) is 2. The maximum Gasteiger partial charge on any atom is 0.113 e. The van der Waals surface area contributed by atoms with Crippen LogP contribution in [-0.4, -0.2) is 16.1 Å². The van der Waals surface area contributed by atoms with Crippen molar-refractivity contribution in [3.63, 3.8) is 0 Å². The van der Waals surface area contributed by atoms with E-state index in [0.29, 0.717) is 12.5 Å². The SMILES string of the molecule is CCC(CC)c1nc2cc(C)c(C)cc2n1CCN. The Kier molecular flexibility index (Phi) is 4.25. The van der Waals surface area contributed by atoms with Gasteiger partial charge in [0.05, 0.1) is 11.0 Å². The monoisotopic (exact) mass is 259 g/mol. The third kappa shape index (κ3) is 2.52. The Morgan fingerprint density at radius 2 is 1.79 bits per heavy atom. The van der Waals surface area contributed by atoms with Crippen LogP contribution in [0.4, 0.5) is 0 Å². The third-order valence-electron chi connectivity index (χ3n) is 4.10. The van der Waals surface area contributed by atoms with E-state index in [1.807, 2.05) is 0 Å². The Bertz CT molecular complexity index is 565. The zero-order chi connectivity index (χ0) is 14.0. The second-order valence-corrected chi connectivity index (χ2v) is 5.35. The minimum Gasteiger partial charge on any atom is -0.329 e. The molecular weight excluding hydrogens is 234 g/mol. The molecule has 1 aromatic carbocycles. The van der Waals surface area contributed by atoms with Crippen LogP contribution in [0, 0.1) is 13.8 Å². The first-order valence-corrected chi connectivity index (χ1v) is 7.29. The predicted molar refractivity (Wildman–Crippen MR) is 81.6 cm³/mol. The van der Waals surface area contributed by atoms with Crippen LogP contribution in [-0.2, 0) is 6.54 Å². The van der Waals surface area contributed by atoms with Crippen LogP contribution in [0.5, 0.6) is 0 Å². The van der Waals surface area contributed by atoms with Gasteiger partial charge in [0.1, 0.15) is 5.82 Å². The number of aromatic nitrogens is 2. The van der Waals surface area contributed by atoms with Gasteiger partial charge >= 0.3 is 0 Å². The third-order valence-corrected chi connectivity index (χ3v) is 4.10. The van der Waals surface area contributed by atoms with Crippen LogP contribution in [0.25, 0.3) is 11.0 Å². The highest BCUT2D eigenvalue weighted by atomic mass is 15.1. The van der Waals surface area contributed by atoms with Crippen molar-refractivity contribution in [1.82, 2.24) is 9.55 Å². The normalized spacial score (nSPS) is 11.7. The van der Waals surface area contributed by atoms with E-state index in [1.54, 1.807) is 0 Å². The second-order valence-electron chi connectivity index (χ2n) is 5.35. The smallest absolute Gasteiger partial charge is 0.113 e. The van der Waals surface area contributed by atoms with E-state index < -0.39 is 0 Å². The lowest BCUT2D eigenvalue weighted by atomic mass is 10.0. The fourth-order valence-electron chi connectivity index (χ4n) is 2.73. The summed E-state index contributed by atoms with van der Waals surface area (Å²) in [5, 5.41) is 0. The molecule has 104 valence electrons. The lowest BCUT2D eigenvalue weighted by Gasteiger charge is -2.15. The highest BCUT2D eigenvalue weighted by Crippen LogP contribution is 2.28. The molecule has 3 heteroatoms. The van der Waals surface area contributed by atoms with Gasteiger partial charge in [0.25, 0.3) is 0 Å². The van der Waals surface area contributed by atoms with Gasteiger partial charge in [-0.2, -0.15) is 0 Å². The Hall–Kier alpha value is -1.35. The lowest BCUT2D eigenvalue weighted by Crippen LogP contribution is -2.14. The van der Waals surface area contributed by atoms with E-state index in [9.17, 15) is 0 Å². The molecule has 0 fully saturated rings. The molecule has 0 aliphatic carbocycles. The van der Waals surface area contributed by atoms with Gasteiger partial charge in [0.15, 0.2) is 0 Å². The van der Waals surface area contributed by atoms with Gasteiger partial charge in [-0.05, 0) is 49.9 Å². The van der Waals surface area contributed by atoms with E-state index in [4.69, 9.17) is 10.7 Å². The van der Waals surface area contributed by atoms with Crippen molar-refractivity contribution in [2.24, 2.45) is 5.73 Å². The van der Waals surface area contributed by atoms with E-state index in [0.717, 1.165) is 24.9 Å². The average Bonchev–Trinajstić information content (AvgIpc) is 2.71. The van der Waals surface area contributed by atoms with Crippen molar-refractivity contribution in [2.45, 2.75) is 53.0 Å². The number of aryl methyl sites for hydroxylation is 2. The van der Waals surface area contributed by atoms with Crippen LogP contribution < -0.4 is 5.73 Å². The summed E-state index contributed by atoms with van der Waals surface area (Å²) in [5.74, 6) is 1.73. The summed E-state index contributed by atoms with van der Waals surface area (Å²) in [6, 6.07) is 4.45. The fourth-order valence-corrected chi connectivity index (χ4v) is 2.73. The summed E-state index contributed by atoms with van der Waals surface area (Å²) in [6.45, 7) is 10.3.